The van der Waals surface area contributed by atoms with Crippen LogP contribution >= 0.6 is 11.6 Å². The van der Waals surface area contributed by atoms with E-state index in [1.807, 2.05) is 36.5 Å². The van der Waals surface area contributed by atoms with E-state index in [-0.39, 0.29) is 0 Å². The Bertz CT molecular complexity index is 582. The Hall–Kier alpha value is -1.42. The van der Waals surface area contributed by atoms with E-state index in [0.29, 0.717) is 13.2 Å². The van der Waals surface area contributed by atoms with E-state index in [0.717, 1.165) is 28.9 Å². The molecule has 1 saturated carbocycles. The van der Waals surface area contributed by atoms with Gasteiger partial charge in [-0.3, -0.25) is 4.98 Å². The van der Waals surface area contributed by atoms with Gasteiger partial charge in [-0.1, -0.05) is 35.9 Å². The molecule has 1 aliphatic rings. The van der Waals surface area contributed by atoms with Gasteiger partial charge in [0.15, 0.2) is 0 Å². The van der Waals surface area contributed by atoms with Crippen molar-refractivity contribution < 1.29 is 4.74 Å². The van der Waals surface area contributed by atoms with Gasteiger partial charge in [-0.05, 0) is 36.1 Å². The van der Waals surface area contributed by atoms with Gasteiger partial charge in [0.25, 0.3) is 0 Å². The number of ether oxygens (including phenoxy) is 1. The SMILES string of the molecule is Clc1ccccc1COCc1ccc(CNC2CC2)cn1. The van der Waals surface area contributed by atoms with Gasteiger partial charge in [-0.15, -0.1) is 0 Å². The second kappa shape index (κ2) is 7.03. The number of hydrogen-bond acceptors (Lipinski definition) is 3. The maximum absolute atomic E-state index is 6.09. The van der Waals surface area contributed by atoms with E-state index in [1.165, 1.54) is 18.4 Å². The van der Waals surface area contributed by atoms with E-state index in [9.17, 15) is 0 Å². The van der Waals surface area contributed by atoms with Crippen LogP contribution in [-0.2, 0) is 24.5 Å². The van der Waals surface area contributed by atoms with Crippen molar-refractivity contribution in [2.24, 2.45) is 0 Å². The van der Waals surface area contributed by atoms with Gasteiger partial charge in [0.05, 0.1) is 18.9 Å². The molecule has 4 heteroatoms. The fourth-order valence-electron chi connectivity index (χ4n) is 2.08. The van der Waals surface area contributed by atoms with Crippen LogP contribution in [0.25, 0.3) is 0 Å². The van der Waals surface area contributed by atoms with Crippen molar-refractivity contribution in [3.63, 3.8) is 0 Å². The average Bonchev–Trinajstić information content (AvgIpc) is 3.33. The van der Waals surface area contributed by atoms with Crippen molar-refractivity contribution in [3.8, 4) is 0 Å². The summed E-state index contributed by atoms with van der Waals surface area (Å²) in [6.07, 6.45) is 4.53. The van der Waals surface area contributed by atoms with E-state index in [1.54, 1.807) is 0 Å². The van der Waals surface area contributed by atoms with Crippen LogP contribution in [0.15, 0.2) is 42.6 Å². The predicted molar refractivity (Wildman–Crippen MR) is 84.0 cm³/mol. The molecule has 2 aromatic rings. The molecule has 0 amide bonds. The van der Waals surface area contributed by atoms with Crippen LogP contribution in [-0.4, -0.2) is 11.0 Å². The summed E-state index contributed by atoms with van der Waals surface area (Å²) in [6, 6.07) is 12.6. The molecular formula is C17H19ClN2O. The largest absolute Gasteiger partial charge is 0.370 e. The summed E-state index contributed by atoms with van der Waals surface area (Å²) in [7, 11) is 0. The summed E-state index contributed by atoms with van der Waals surface area (Å²) in [5.41, 5.74) is 3.17. The summed E-state index contributed by atoms with van der Waals surface area (Å²) in [5.74, 6) is 0. The summed E-state index contributed by atoms with van der Waals surface area (Å²) in [6.45, 7) is 1.91. The average molecular weight is 303 g/mol. The lowest BCUT2D eigenvalue weighted by Crippen LogP contribution is -2.15. The van der Waals surface area contributed by atoms with Gasteiger partial charge in [0.2, 0.25) is 0 Å². The molecule has 0 spiro atoms. The van der Waals surface area contributed by atoms with E-state index < -0.39 is 0 Å². The molecule has 0 aliphatic heterocycles. The molecule has 0 bridgehead atoms. The Morgan fingerprint density at radius 3 is 2.71 bits per heavy atom. The maximum atomic E-state index is 6.09. The predicted octanol–water partition coefficient (Wildman–Crippen LogP) is 3.70. The number of nitrogens with one attached hydrogen (secondary N) is 1. The maximum Gasteiger partial charge on any atom is 0.0892 e. The Balaban J connectivity index is 1.45. The van der Waals surface area contributed by atoms with Gasteiger partial charge in [0.1, 0.15) is 0 Å². The molecule has 1 heterocycles. The number of rotatable bonds is 7. The van der Waals surface area contributed by atoms with Crippen molar-refractivity contribution in [2.75, 3.05) is 0 Å². The van der Waals surface area contributed by atoms with Crippen molar-refractivity contribution in [3.05, 3.63) is 64.4 Å². The summed E-state index contributed by atoms with van der Waals surface area (Å²) < 4.78 is 5.67. The van der Waals surface area contributed by atoms with E-state index >= 15 is 0 Å². The van der Waals surface area contributed by atoms with Crippen LogP contribution in [0, 0.1) is 0 Å². The fraction of sp³-hybridized carbons (Fsp3) is 0.353. The molecule has 0 atom stereocenters. The molecule has 0 radical (unpaired) electrons. The van der Waals surface area contributed by atoms with Gasteiger partial charge in [-0.25, -0.2) is 0 Å². The molecule has 0 unspecified atom stereocenters. The Labute approximate surface area is 130 Å². The van der Waals surface area contributed by atoms with Crippen molar-refractivity contribution in [1.29, 1.82) is 0 Å². The number of pyridine rings is 1. The second-order valence-corrected chi connectivity index (χ2v) is 5.80. The lowest BCUT2D eigenvalue weighted by atomic mass is 10.2. The number of benzene rings is 1. The number of aromatic nitrogens is 1. The lowest BCUT2D eigenvalue weighted by molar-refractivity contribution is 0.104. The Morgan fingerprint density at radius 2 is 2.00 bits per heavy atom. The molecule has 3 nitrogen and oxygen atoms in total. The summed E-state index contributed by atoms with van der Waals surface area (Å²) >= 11 is 6.09. The highest BCUT2D eigenvalue weighted by atomic mass is 35.5. The highest BCUT2D eigenvalue weighted by molar-refractivity contribution is 6.31. The van der Waals surface area contributed by atoms with Crippen LogP contribution in [0.2, 0.25) is 5.02 Å². The van der Waals surface area contributed by atoms with Crippen LogP contribution in [0.3, 0.4) is 0 Å². The first kappa shape index (κ1) is 14.5. The van der Waals surface area contributed by atoms with Crippen LogP contribution in [0.1, 0.15) is 29.7 Å². The third kappa shape index (κ3) is 4.53. The minimum atomic E-state index is 0.502. The summed E-state index contributed by atoms with van der Waals surface area (Å²) in [4.78, 5) is 4.43. The molecule has 1 aromatic carbocycles. The topological polar surface area (TPSA) is 34.1 Å². The minimum Gasteiger partial charge on any atom is -0.370 e. The van der Waals surface area contributed by atoms with Crippen LogP contribution in [0.4, 0.5) is 0 Å². The van der Waals surface area contributed by atoms with Gasteiger partial charge < -0.3 is 10.1 Å². The first-order valence-electron chi connectivity index (χ1n) is 7.29. The molecule has 1 fully saturated rings. The van der Waals surface area contributed by atoms with Crippen molar-refractivity contribution in [2.45, 2.75) is 38.6 Å². The molecule has 0 saturated heterocycles. The third-order valence-corrected chi connectivity index (χ3v) is 3.89. The molecule has 21 heavy (non-hydrogen) atoms. The molecule has 3 rings (SSSR count). The van der Waals surface area contributed by atoms with Crippen molar-refractivity contribution >= 4 is 11.6 Å². The third-order valence-electron chi connectivity index (χ3n) is 3.52. The normalized spacial score (nSPS) is 14.3. The standard InChI is InChI=1S/C17H19ClN2O/c18-17-4-2-1-3-14(17)11-21-12-16-6-5-13(10-20-16)9-19-15-7-8-15/h1-6,10,15,19H,7-9,11-12H2. The van der Waals surface area contributed by atoms with Crippen LogP contribution < -0.4 is 5.32 Å². The molecule has 1 N–H and O–H groups in total. The molecule has 110 valence electrons. The number of halogens is 1. The molecule has 1 aliphatic carbocycles. The molecular weight excluding hydrogens is 284 g/mol. The van der Waals surface area contributed by atoms with Crippen LogP contribution in [0.5, 0.6) is 0 Å². The smallest absolute Gasteiger partial charge is 0.0892 e. The highest BCUT2D eigenvalue weighted by Crippen LogP contribution is 2.19. The number of hydrogen-bond donors (Lipinski definition) is 1. The lowest BCUT2D eigenvalue weighted by Gasteiger charge is -2.07. The zero-order valence-corrected chi connectivity index (χ0v) is 12.6. The second-order valence-electron chi connectivity index (χ2n) is 5.40. The first-order chi connectivity index (χ1) is 10.3. The Morgan fingerprint density at radius 1 is 1.14 bits per heavy atom. The summed E-state index contributed by atoms with van der Waals surface area (Å²) in [5, 5.41) is 4.22. The monoisotopic (exact) mass is 302 g/mol. The zero-order chi connectivity index (χ0) is 14.5. The zero-order valence-electron chi connectivity index (χ0n) is 11.9. The van der Waals surface area contributed by atoms with Crippen molar-refractivity contribution in [1.82, 2.24) is 10.3 Å². The Kier molecular flexibility index (Phi) is 4.86. The van der Waals surface area contributed by atoms with Gasteiger partial charge in [-0.2, -0.15) is 0 Å². The highest BCUT2D eigenvalue weighted by Gasteiger charge is 2.19. The fourth-order valence-corrected chi connectivity index (χ4v) is 2.27. The minimum absolute atomic E-state index is 0.502. The van der Waals surface area contributed by atoms with E-state index in [4.69, 9.17) is 16.3 Å². The van der Waals surface area contributed by atoms with E-state index in [2.05, 4.69) is 16.4 Å². The quantitative estimate of drug-likeness (QED) is 0.847. The number of nitrogens with zero attached hydrogens (tertiary/aromatic N) is 1. The van der Waals surface area contributed by atoms with Gasteiger partial charge >= 0.3 is 0 Å². The van der Waals surface area contributed by atoms with Gasteiger partial charge in [0, 0.05) is 23.8 Å². The molecule has 1 aromatic heterocycles. The first-order valence-corrected chi connectivity index (χ1v) is 7.67.